The number of ether oxygens (including phenoxy) is 2. The van der Waals surface area contributed by atoms with Gasteiger partial charge in [0.1, 0.15) is 10.9 Å². The second-order valence-electron chi connectivity index (χ2n) is 4.03. The third-order valence-corrected chi connectivity index (χ3v) is 2.77. The molecule has 0 aliphatic carbocycles. The van der Waals surface area contributed by atoms with Crippen molar-refractivity contribution in [1.29, 1.82) is 0 Å². The Hall–Kier alpha value is -1.74. The van der Waals surface area contributed by atoms with Gasteiger partial charge in [-0.2, -0.15) is 0 Å². The summed E-state index contributed by atoms with van der Waals surface area (Å²) in [7, 11) is 1.62. The smallest absolute Gasteiger partial charge is 0.169 e. The van der Waals surface area contributed by atoms with Crippen molar-refractivity contribution in [3.63, 3.8) is 0 Å². The lowest BCUT2D eigenvalue weighted by Crippen LogP contribution is -1.93. The molecule has 3 nitrogen and oxygen atoms in total. The summed E-state index contributed by atoms with van der Waals surface area (Å²) in [5.41, 5.74) is 2.03. The van der Waals surface area contributed by atoms with Gasteiger partial charge in [-0.15, -0.1) is 0 Å². The summed E-state index contributed by atoms with van der Waals surface area (Å²) in [6, 6.07) is 7.46. The van der Waals surface area contributed by atoms with E-state index in [1.54, 1.807) is 19.4 Å². The molecule has 0 aliphatic heterocycles. The van der Waals surface area contributed by atoms with Crippen molar-refractivity contribution in [2.75, 3.05) is 7.11 Å². The Morgan fingerprint density at radius 3 is 2.56 bits per heavy atom. The van der Waals surface area contributed by atoms with Crippen LogP contribution in [0.3, 0.4) is 0 Å². The molecular formula is C14H14ClNO2. The van der Waals surface area contributed by atoms with Crippen molar-refractivity contribution in [2.45, 2.75) is 13.8 Å². The Morgan fingerprint density at radius 1 is 1.06 bits per heavy atom. The molecule has 1 heterocycles. The molecule has 1 aromatic heterocycles. The Morgan fingerprint density at radius 2 is 1.83 bits per heavy atom. The molecule has 0 saturated carbocycles. The Balaban J connectivity index is 2.36. The van der Waals surface area contributed by atoms with Gasteiger partial charge >= 0.3 is 0 Å². The largest absolute Gasteiger partial charge is 0.493 e. The number of hydrogen-bond donors (Lipinski definition) is 0. The highest BCUT2D eigenvalue weighted by Crippen LogP contribution is 2.34. The molecule has 2 rings (SSSR count). The second kappa shape index (κ2) is 5.27. The lowest BCUT2D eigenvalue weighted by molar-refractivity contribution is 0.377. The van der Waals surface area contributed by atoms with E-state index in [0.717, 1.165) is 11.1 Å². The van der Waals surface area contributed by atoms with E-state index in [1.807, 2.05) is 32.0 Å². The number of aryl methyl sites for hydroxylation is 2. The third kappa shape index (κ3) is 2.74. The molecular weight excluding hydrogens is 250 g/mol. The van der Waals surface area contributed by atoms with Crippen LogP contribution in [0.2, 0.25) is 5.15 Å². The van der Waals surface area contributed by atoms with Crippen LogP contribution in [-0.2, 0) is 0 Å². The van der Waals surface area contributed by atoms with Crippen LogP contribution in [-0.4, -0.2) is 12.1 Å². The molecule has 0 aliphatic rings. The minimum atomic E-state index is 0.404. The maximum atomic E-state index is 5.86. The summed E-state index contributed by atoms with van der Waals surface area (Å²) in [5.74, 6) is 2.04. The number of nitrogens with zero attached hydrogens (tertiary/aromatic N) is 1. The highest BCUT2D eigenvalue weighted by Gasteiger charge is 2.08. The van der Waals surface area contributed by atoms with Gasteiger partial charge in [0.25, 0.3) is 0 Å². The van der Waals surface area contributed by atoms with E-state index in [1.165, 1.54) is 0 Å². The molecule has 0 radical (unpaired) electrons. The molecule has 0 bridgehead atoms. The zero-order chi connectivity index (χ0) is 13.1. The van der Waals surface area contributed by atoms with Gasteiger partial charge in [0.05, 0.1) is 7.11 Å². The first-order valence-electron chi connectivity index (χ1n) is 5.55. The molecule has 0 saturated heterocycles. The van der Waals surface area contributed by atoms with Crippen molar-refractivity contribution >= 4 is 11.6 Å². The molecule has 0 unspecified atom stereocenters. The zero-order valence-electron chi connectivity index (χ0n) is 10.5. The molecule has 2 aromatic rings. The highest BCUT2D eigenvalue weighted by atomic mass is 35.5. The predicted octanol–water partition coefficient (Wildman–Crippen LogP) is 4.15. The molecule has 18 heavy (non-hydrogen) atoms. The Bertz CT molecular complexity index is 570. The fraction of sp³-hybridized carbons (Fsp3) is 0.214. The van der Waals surface area contributed by atoms with Crippen LogP contribution in [0.5, 0.6) is 17.2 Å². The average Bonchev–Trinajstić information content (AvgIpc) is 2.36. The first-order chi connectivity index (χ1) is 8.60. The van der Waals surface area contributed by atoms with Gasteiger partial charge in [-0.05, 0) is 31.5 Å². The van der Waals surface area contributed by atoms with Crippen molar-refractivity contribution in [3.05, 3.63) is 46.7 Å². The standard InChI is InChI=1S/C14H14ClNO2/c1-9-4-5-11(13(6-9)17-3)18-12-7-14(15)16-8-10(12)2/h4-8H,1-3H3. The number of pyridine rings is 1. The topological polar surface area (TPSA) is 31.4 Å². The van der Waals surface area contributed by atoms with Crippen LogP contribution in [0.15, 0.2) is 30.5 Å². The molecule has 0 fully saturated rings. The predicted molar refractivity (Wildman–Crippen MR) is 71.8 cm³/mol. The summed E-state index contributed by atoms with van der Waals surface area (Å²) in [4.78, 5) is 3.99. The van der Waals surface area contributed by atoms with Crippen LogP contribution in [0.4, 0.5) is 0 Å². The van der Waals surface area contributed by atoms with E-state index in [9.17, 15) is 0 Å². The van der Waals surface area contributed by atoms with Gasteiger partial charge in [-0.25, -0.2) is 4.98 Å². The number of aromatic nitrogens is 1. The molecule has 4 heteroatoms. The zero-order valence-corrected chi connectivity index (χ0v) is 11.3. The van der Waals surface area contributed by atoms with Crippen LogP contribution >= 0.6 is 11.6 Å². The van der Waals surface area contributed by atoms with E-state index < -0.39 is 0 Å². The van der Waals surface area contributed by atoms with E-state index in [-0.39, 0.29) is 0 Å². The van der Waals surface area contributed by atoms with E-state index in [2.05, 4.69) is 4.98 Å². The first-order valence-corrected chi connectivity index (χ1v) is 5.92. The van der Waals surface area contributed by atoms with Gasteiger partial charge in [-0.1, -0.05) is 17.7 Å². The Labute approximate surface area is 111 Å². The SMILES string of the molecule is COc1cc(C)ccc1Oc1cc(Cl)ncc1C. The van der Waals surface area contributed by atoms with Gasteiger partial charge in [-0.3, -0.25) is 0 Å². The number of halogens is 1. The third-order valence-electron chi connectivity index (χ3n) is 2.56. The van der Waals surface area contributed by atoms with E-state index in [0.29, 0.717) is 22.4 Å². The van der Waals surface area contributed by atoms with E-state index >= 15 is 0 Å². The van der Waals surface area contributed by atoms with Crippen molar-refractivity contribution in [3.8, 4) is 17.2 Å². The monoisotopic (exact) mass is 263 g/mol. The van der Waals surface area contributed by atoms with Crippen molar-refractivity contribution < 1.29 is 9.47 Å². The van der Waals surface area contributed by atoms with Crippen molar-refractivity contribution in [1.82, 2.24) is 4.98 Å². The molecule has 0 N–H and O–H groups in total. The highest BCUT2D eigenvalue weighted by molar-refractivity contribution is 6.29. The minimum absolute atomic E-state index is 0.404. The van der Waals surface area contributed by atoms with Crippen molar-refractivity contribution in [2.24, 2.45) is 0 Å². The minimum Gasteiger partial charge on any atom is -0.493 e. The average molecular weight is 264 g/mol. The first kappa shape index (κ1) is 12.7. The van der Waals surface area contributed by atoms with Gasteiger partial charge in [0.2, 0.25) is 0 Å². The maximum Gasteiger partial charge on any atom is 0.169 e. The summed E-state index contributed by atoms with van der Waals surface area (Å²) in [5, 5.41) is 0.404. The normalized spacial score (nSPS) is 10.2. The number of rotatable bonds is 3. The van der Waals surface area contributed by atoms with E-state index in [4.69, 9.17) is 21.1 Å². The lowest BCUT2D eigenvalue weighted by atomic mass is 10.2. The number of methoxy groups -OCH3 is 1. The summed E-state index contributed by atoms with van der Waals surface area (Å²) >= 11 is 5.86. The molecule has 0 amide bonds. The Kier molecular flexibility index (Phi) is 3.72. The number of hydrogen-bond acceptors (Lipinski definition) is 3. The van der Waals surface area contributed by atoms with Crippen LogP contribution in [0, 0.1) is 13.8 Å². The second-order valence-corrected chi connectivity index (χ2v) is 4.42. The van der Waals surface area contributed by atoms with Gasteiger partial charge in [0.15, 0.2) is 11.5 Å². The quantitative estimate of drug-likeness (QED) is 0.780. The van der Waals surface area contributed by atoms with Crippen LogP contribution in [0.25, 0.3) is 0 Å². The van der Waals surface area contributed by atoms with Gasteiger partial charge in [0, 0.05) is 17.8 Å². The molecule has 0 spiro atoms. The van der Waals surface area contributed by atoms with Gasteiger partial charge < -0.3 is 9.47 Å². The fourth-order valence-electron chi connectivity index (χ4n) is 1.57. The summed E-state index contributed by atoms with van der Waals surface area (Å²) in [6.45, 7) is 3.92. The van der Waals surface area contributed by atoms with Crippen LogP contribution < -0.4 is 9.47 Å². The summed E-state index contributed by atoms with van der Waals surface area (Å²) < 4.78 is 11.1. The fourth-order valence-corrected chi connectivity index (χ4v) is 1.72. The lowest BCUT2D eigenvalue weighted by Gasteiger charge is -2.12. The molecule has 94 valence electrons. The maximum absolute atomic E-state index is 5.86. The molecule has 1 aromatic carbocycles. The number of benzene rings is 1. The summed E-state index contributed by atoms with van der Waals surface area (Å²) in [6.07, 6.45) is 1.68. The molecule has 0 atom stereocenters. The van der Waals surface area contributed by atoms with Crippen LogP contribution in [0.1, 0.15) is 11.1 Å².